The molecule has 14 heavy (non-hydrogen) atoms. The molecule has 0 fully saturated rings. The Labute approximate surface area is 85.8 Å². The highest BCUT2D eigenvalue weighted by Crippen LogP contribution is 2.07. The van der Waals surface area contributed by atoms with Crippen LogP contribution >= 0.6 is 0 Å². The maximum absolute atomic E-state index is 9.04. The Morgan fingerprint density at radius 1 is 1.21 bits per heavy atom. The van der Waals surface area contributed by atoms with E-state index in [0.29, 0.717) is 6.42 Å². The molecule has 74 valence electrons. The number of rotatable bonds is 1. The van der Waals surface area contributed by atoms with Crippen molar-refractivity contribution in [1.29, 1.82) is 0 Å². The Bertz CT molecular complexity index is 346. The number of aryl methyl sites for hydroxylation is 2. The van der Waals surface area contributed by atoms with Crippen molar-refractivity contribution in [2.24, 2.45) is 0 Å². The molecule has 1 aromatic rings. The quantitative estimate of drug-likeness (QED) is 0.671. The van der Waals surface area contributed by atoms with Gasteiger partial charge in [-0.3, -0.25) is 0 Å². The number of hydrogen-bond acceptors (Lipinski definition) is 1. The van der Waals surface area contributed by atoms with Crippen LogP contribution in [0.15, 0.2) is 18.2 Å². The van der Waals surface area contributed by atoms with E-state index in [-0.39, 0.29) is 6.10 Å². The van der Waals surface area contributed by atoms with Crippen molar-refractivity contribution in [2.75, 3.05) is 0 Å². The second-order valence-electron chi connectivity index (χ2n) is 3.73. The van der Waals surface area contributed by atoms with Crippen LogP contribution in [0.4, 0.5) is 0 Å². The molecule has 0 saturated heterocycles. The largest absolute Gasteiger partial charge is 0.392 e. The van der Waals surface area contributed by atoms with Gasteiger partial charge in [0.25, 0.3) is 0 Å². The minimum atomic E-state index is -0.339. The first-order valence-corrected chi connectivity index (χ1v) is 4.83. The van der Waals surface area contributed by atoms with Gasteiger partial charge in [0.2, 0.25) is 0 Å². The molecule has 0 radical (unpaired) electrons. The first-order chi connectivity index (χ1) is 6.58. The highest BCUT2D eigenvalue weighted by molar-refractivity contribution is 5.39. The van der Waals surface area contributed by atoms with Crippen LogP contribution in [-0.4, -0.2) is 11.2 Å². The van der Waals surface area contributed by atoms with Crippen LogP contribution in [0.3, 0.4) is 0 Å². The predicted molar refractivity (Wildman–Crippen MR) is 59.1 cm³/mol. The molecular formula is C13H16O. The summed E-state index contributed by atoms with van der Waals surface area (Å²) >= 11 is 0. The predicted octanol–water partition coefficient (Wildman–Crippen LogP) is 2.43. The first-order valence-electron chi connectivity index (χ1n) is 4.83. The van der Waals surface area contributed by atoms with Crippen molar-refractivity contribution in [2.45, 2.75) is 33.3 Å². The van der Waals surface area contributed by atoms with Gasteiger partial charge in [0.1, 0.15) is 0 Å². The van der Waals surface area contributed by atoms with Crippen molar-refractivity contribution in [1.82, 2.24) is 0 Å². The van der Waals surface area contributed by atoms with Crippen LogP contribution in [0.25, 0.3) is 0 Å². The fourth-order valence-electron chi connectivity index (χ4n) is 1.35. The third kappa shape index (κ3) is 3.64. The van der Waals surface area contributed by atoms with Crippen molar-refractivity contribution < 1.29 is 5.11 Å². The molecule has 0 saturated carbocycles. The monoisotopic (exact) mass is 188 g/mol. The van der Waals surface area contributed by atoms with Gasteiger partial charge in [-0.25, -0.2) is 0 Å². The Kier molecular flexibility index (Phi) is 3.73. The van der Waals surface area contributed by atoms with Gasteiger partial charge in [-0.2, -0.15) is 0 Å². The molecule has 0 aliphatic carbocycles. The zero-order valence-electron chi connectivity index (χ0n) is 8.96. The fourth-order valence-corrected chi connectivity index (χ4v) is 1.35. The second-order valence-corrected chi connectivity index (χ2v) is 3.73. The summed E-state index contributed by atoms with van der Waals surface area (Å²) in [6.45, 7) is 5.87. The average Bonchev–Trinajstić information content (AvgIpc) is 2.01. The SMILES string of the molecule is Cc1cc(C)cc(C#CCC(C)O)c1. The number of aliphatic hydroxyl groups is 1. The third-order valence-corrected chi connectivity index (χ3v) is 1.85. The molecule has 1 heteroatoms. The van der Waals surface area contributed by atoms with E-state index in [4.69, 9.17) is 5.11 Å². The van der Waals surface area contributed by atoms with Crippen LogP contribution in [0.5, 0.6) is 0 Å². The van der Waals surface area contributed by atoms with Gasteiger partial charge in [0, 0.05) is 12.0 Å². The third-order valence-electron chi connectivity index (χ3n) is 1.85. The molecule has 0 aliphatic rings. The summed E-state index contributed by atoms with van der Waals surface area (Å²) in [5, 5.41) is 9.04. The van der Waals surface area contributed by atoms with Gasteiger partial charge < -0.3 is 5.11 Å². The van der Waals surface area contributed by atoms with E-state index in [1.54, 1.807) is 6.92 Å². The highest BCUT2D eigenvalue weighted by atomic mass is 16.3. The van der Waals surface area contributed by atoms with E-state index in [0.717, 1.165) is 5.56 Å². The van der Waals surface area contributed by atoms with Gasteiger partial charge in [0.15, 0.2) is 0 Å². The molecule has 0 heterocycles. The summed E-state index contributed by atoms with van der Waals surface area (Å²) in [6.07, 6.45) is 0.195. The fraction of sp³-hybridized carbons (Fsp3) is 0.385. The van der Waals surface area contributed by atoms with Crippen molar-refractivity contribution in [3.8, 4) is 11.8 Å². The van der Waals surface area contributed by atoms with E-state index in [1.807, 2.05) is 0 Å². The van der Waals surface area contributed by atoms with Crippen molar-refractivity contribution >= 4 is 0 Å². The van der Waals surface area contributed by atoms with Gasteiger partial charge in [0.05, 0.1) is 6.10 Å². The molecule has 1 atom stereocenters. The van der Waals surface area contributed by atoms with Crippen molar-refractivity contribution in [3.05, 3.63) is 34.9 Å². The zero-order valence-corrected chi connectivity index (χ0v) is 8.96. The molecule has 1 aromatic carbocycles. The summed E-state index contributed by atoms with van der Waals surface area (Å²) in [5.74, 6) is 6.00. The minimum absolute atomic E-state index is 0.339. The van der Waals surface area contributed by atoms with Gasteiger partial charge in [-0.05, 0) is 44.0 Å². The van der Waals surface area contributed by atoms with Crippen LogP contribution < -0.4 is 0 Å². The Morgan fingerprint density at radius 3 is 2.29 bits per heavy atom. The van der Waals surface area contributed by atoms with E-state index in [1.165, 1.54) is 11.1 Å². The maximum atomic E-state index is 9.04. The normalized spacial score (nSPS) is 11.7. The summed E-state index contributed by atoms with van der Waals surface area (Å²) in [5.41, 5.74) is 3.49. The van der Waals surface area contributed by atoms with Crippen LogP contribution in [0.1, 0.15) is 30.0 Å². The number of hydrogen-bond donors (Lipinski definition) is 1. The summed E-state index contributed by atoms with van der Waals surface area (Å²) < 4.78 is 0. The Morgan fingerprint density at radius 2 is 1.79 bits per heavy atom. The molecule has 0 aromatic heterocycles. The second kappa shape index (κ2) is 4.83. The smallest absolute Gasteiger partial charge is 0.0621 e. The Hall–Kier alpha value is -1.26. The van der Waals surface area contributed by atoms with Gasteiger partial charge >= 0.3 is 0 Å². The summed E-state index contributed by atoms with van der Waals surface area (Å²) in [4.78, 5) is 0. The molecule has 0 aliphatic heterocycles. The minimum Gasteiger partial charge on any atom is -0.392 e. The maximum Gasteiger partial charge on any atom is 0.0621 e. The molecular weight excluding hydrogens is 172 g/mol. The average molecular weight is 188 g/mol. The van der Waals surface area contributed by atoms with E-state index in [9.17, 15) is 0 Å². The lowest BCUT2D eigenvalue weighted by Gasteiger charge is -1.98. The Balaban J connectivity index is 2.79. The summed E-state index contributed by atoms with van der Waals surface area (Å²) in [7, 11) is 0. The van der Waals surface area contributed by atoms with Crippen LogP contribution in [0, 0.1) is 25.7 Å². The van der Waals surface area contributed by atoms with E-state index in [2.05, 4.69) is 43.9 Å². The highest BCUT2D eigenvalue weighted by Gasteiger charge is 1.92. The zero-order chi connectivity index (χ0) is 10.6. The topological polar surface area (TPSA) is 20.2 Å². The lowest BCUT2D eigenvalue weighted by atomic mass is 10.1. The lowest BCUT2D eigenvalue weighted by molar-refractivity contribution is 0.201. The molecule has 0 spiro atoms. The molecule has 1 N–H and O–H groups in total. The van der Waals surface area contributed by atoms with Crippen molar-refractivity contribution in [3.63, 3.8) is 0 Å². The number of benzene rings is 1. The molecule has 1 unspecified atom stereocenters. The van der Waals surface area contributed by atoms with E-state index >= 15 is 0 Å². The first kappa shape index (κ1) is 10.8. The van der Waals surface area contributed by atoms with Crippen LogP contribution in [0.2, 0.25) is 0 Å². The molecule has 0 bridgehead atoms. The lowest BCUT2D eigenvalue weighted by Crippen LogP contribution is -1.95. The van der Waals surface area contributed by atoms with Gasteiger partial charge in [-0.1, -0.05) is 17.9 Å². The van der Waals surface area contributed by atoms with Crippen LogP contribution in [-0.2, 0) is 0 Å². The molecule has 1 nitrogen and oxygen atoms in total. The molecule has 0 amide bonds. The molecule has 1 rings (SSSR count). The van der Waals surface area contributed by atoms with Gasteiger partial charge in [-0.15, -0.1) is 0 Å². The number of aliphatic hydroxyl groups excluding tert-OH is 1. The standard InChI is InChI=1S/C13H16O/c1-10-7-11(2)9-13(8-10)6-4-5-12(3)14/h7-9,12,14H,5H2,1-3H3. The van der Waals surface area contributed by atoms with E-state index < -0.39 is 0 Å². The summed E-state index contributed by atoms with van der Waals surface area (Å²) in [6, 6.07) is 6.24.